The van der Waals surface area contributed by atoms with Crippen LogP contribution in [0.2, 0.25) is 0 Å². The summed E-state index contributed by atoms with van der Waals surface area (Å²) in [6.07, 6.45) is 0.182. The van der Waals surface area contributed by atoms with Crippen molar-refractivity contribution in [2.24, 2.45) is 5.92 Å². The molecule has 0 aliphatic carbocycles. The third kappa shape index (κ3) is 4.59. The van der Waals surface area contributed by atoms with Gasteiger partial charge < -0.3 is 15.0 Å². The van der Waals surface area contributed by atoms with Gasteiger partial charge in [0.15, 0.2) is 5.75 Å². The van der Waals surface area contributed by atoms with Crippen molar-refractivity contribution < 1.29 is 26.9 Å². The molecule has 1 aromatic carbocycles. The number of hydrogen-bond acceptors (Lipinski definition) is 5. The molecule has 1 amide bonds. The molecule has 0 saturated carbocycles. The molecule has 2 aromatic rings. The summed E-state index contributed by atoms with van der Waals surface area (Å²) in [4.78, 5) is 18.5. The van der Waals surface area contributed by atoms with Gasteiger partial charge in [-0.05, 0) is 30.7 Å². The first-order valence-corrected chi connectivity index (χ1v) is 11.1. The van der Waals surface area contributed by atoms with Gasteiger partial charge in [0, 0.05) is 35.9 Å². The van der Waals surface area contributed by atoms with E-state index in [-0.39, 0.29) is 29.0 Å². The van der Waals surface area contributed by atoms with Crippen LogP contribution in [-0.2, 0) is 15.6 Å². The first-order valence-electron chi connectivity index (χ1n) is 9.00. The van der Waals surface area contributed by atoms with Crippen molar-refractivity contribution >= 4 is 42.6 Å². The predicted molar refractivity (Wildman–Crippen MR) is 113 cm³/mol. The summed E-state index contributed by atoms with van der Waals surface area (Å²) in [5.41, 5.74) is 0.718. The lowest BCUT2D eigenvalue weighted by Gasteiger charge is -2.28. The number of carbonyl (C=O) groups is 1. The molecular formula is C19H21F3N3O3PS. The SMILES string of the molecule is COc1c(N2CC(C(F)F)CC2C(=O)Nc2ccnc(S(C)=O)c2)ccc(F)c1P. The zero-order valence-electron chi connectivity index (χ0n) is 16.3. The molecule has 1 aliphatic rings. The van der Waals surface area contributed by atoms with E-state index in [2.05, 4.69) is 19.5 Å². The van der Waals surface area contributed by atoms with Gasteiger partial charge in [0.05, 0.1) is 23.6 Å². The van der Waals surface area contributed by atoms with Crippen LogP contribution in [0.5, 0.6) is 5.75 Å². The quantitative estimate of drug-likeness (QED) is 0.673. The molecular weight excluding hydrogens is 438 g/mol. The predicted octanol–water partition coefficient (Wildman–Crippen LogP) is 2.57. The van der Waals surface area contributed by atoms with E-state index in [0.29, 0.717) is 11.4 Å². The lowest BCUT2D eigenvalue weighted by molar-refractivity contribution is -0.117. The molecule has 0 spiro atoms. The number of benzene rings is 1. The molecule has 1 fully saturated rings. The van der Waals surface area contributed by atoms with E-state index in [1.165, 1.54) is 48.7 Å². The Hall–Kier alpha value is -2.19. The van der Waals surface area contributed by atoms with Crippen molar-refractivity contribution in [3.63, 3.8) is 0 Å². The number of carbonyl (C=O) groups excluding carboxylic acids is 1. The number of anilines is 2. The monoisotopic (exact) mass is 459 g/mol. The largest absolute Gasteiger partial charge is 0.494 e. The van der Waals surface area contributed by atoms with E-state index in [9.17, 15) is 22.2 Å². The molecule has 2 heterocycles. The number of ether oxygens (including phenoxy) is 1. The van der Waals surface area contributed by atoms with Crippen molar-refractivity contribution in [2.75, 3.05) is 30.1 Å². The van der Waals surface area contributed by atoms with Crippen LogP contribution in [0.1, 0.15) is 6.42 Å². The van der Waals surface area contributed by atoms with Gasteiger partial charge in [-0.25, -0.2) is 18.2 Å². The van der Waals surface area contributed by atoms with Crippen LogP contribution in [-0.4, -0.2) is 47.5 Å². The minimum Gasteiger partial charge on any atom is -0.494 e. The average molecular weight is 459 g/mol. The number of methoxy groups -OCH3 is 1. The number of nitrogens with one attached hydrogen (secondary N) is 1. The Morgan fingerprint density at radius 3 is 2.77 bits per heavy atom. The third-order valence-corrected chi connectivity index (χ3v) is 6.28. The zero-order chi connectivity index (χ0) is 22.0. The van der Waals surface area contributed by atoms with Gasteiger partial charge in [-0.1, -0.05) is 9.24 Å². The highest BCUT2D eigenvalue weighted by molar-refractivity contribution is 7.84. The summed E-state index contributed by atoms with van der Waals surface area (Å²) in [6.45, 7) is -0.0809. The van der Waals surface area contributed by atoms with Gasteiger partial charge in [0.2, 0.25) is 12.3 Å². The molecule has 3 rings (SSSR count). The van der Waals surface area contributed by atoms with Crippen molar-refractivity contribution in [2.45, 2.75) is 23.9 Å². The Bertz CT molecular complexity index is 979. The van der Waals surface area contributed by atoms with Crippen LogP contribution < -0.4 is 20.3 Å². The fourth-order valence-corrected chi connectivity index (χ4v) is 4.30. The highest BCUT2D eigenvalue weighted by atomic mass is 32.2. The normalized spacial score (nSPS) is 19.8. The zero-order valence-corrected chi connectivity index (χ0v) is 18.2. The second-order valence-electron chi connectivity index (χ2n) is 6.84. The van der Waals surface area contributed by atoms with E-state index < -0.39 is 40.9 Å². The number of nitrogens with zero attached hydrogens (tertiary/aromatic N) is 2. The number of aromatic nitrogens is 1. The smallest absolute Gasteiger partial charge is 0.247 e. The second-order valence-corrected chi connectivity index (χ2v) is 8.74. The maximum Gasteiger partial charge on any atom is 0.247 e. The van der Waals surface area contributed by atoms with Crippen LogP contribution in [0.4, 0.5) is 24.5 Å². The lowest BCUT2D eigenvalue weighted by atomic mass is 10.1. The maximum absolute atomic E-state index is 13.9. The Labute approximate surface area is 176 Å². The highest BCUT2D eigenvalue weighted by Gasteiger charge is 2.42. The molecule has 1 saturated heterocycles. The van der Waals surface area contributed by atoms with Gasteiger partial charge in [-0.15, -0.1) is 0 Å². The fraction of sp³-hybridized carbons (Fsp3) is 0.368. The number of rotatable bonds is 6. The van der Waals surface area contributed by atoms with Crippen LogP contribution in [0.15, 0.2) is 35.5 Å². The van der Waals surface area contributed by atoms with Crippen molar-refractivity contribution in [1.82, 2.24) is 4.98 Å². The van der Waals surface area contributed by atoms with E-state index >= 15 is 0 Å². The molecule has 4 unspecified atom stereocenters. The standard InChI is InChI=1S/C19H21F3N3O3PS/c1-28-16-13(4-3-12(20)17(16)29)25-9-10(18(21)22)7-14(25)19(26)24-11-5-6-23-15(8-11)30(2)27/h3-6,8,10,14,18H,7,9,29H2,1-2H3,(H,23,24,26). The first kappa shape index (κ1) is 22.5. The van der Waals surface area contributed by atoms with Gasteiger partial charge in [-0.3, -0.25) is 9.00 Å². The van der Waals surface area contributed by atoms with Gasteiger partial charge in [0.1, 0.15) is 16.9 Å². The number of alkyl halides is 2. The maximum atomic E-state index is 13.9. The Kier molecular flexibility index (Phi) is 6.98. The first-order chi connectivity index (χ1) is 14.2. The molecule has 30 heavy (non-hydrogen) atoms. The van der Waals surface area contributed by atoms with Crippen molar-refractivity contribution in [1.29, 1.82) is 0 Å². The molecule has 1 aromatic heterocycles. The Balaban J connectivity index is 1.93. The van der Waals surface area contributed by atoms with Crippen LogP contribution >= 0.6 is 9.24 Å². The van der Waals surface area contributed by atoms with E-state index in [1.54, 1.807) is 0 Å². The number of hydrogen-bond donors (Lipinski definition) is 1. The lowest BCUT2D eigenvalue weighted by Crippen LogP contribution is -2.40. The van der Waals surface area contributed by atoms with Crippen LogP contribution in [0, 0.1) is 11.7 Å². The molecule has 0 bridgehead atoms. The van der Waals surface area contributed by atoms with Gasteiger partial charge in [0.25, 0.3) is 0 Å². The van der Waals surface area contributed by atoms with Crippen molar-refractivity contribution in [3.8, 4) is 5.75 Å². The topological polar surface area (TPSA) is 71.5 Å². The molecule has 4 atom stereocenters. The summed E-state index contributed by atoms with van der Waals surface area (Å²) < 4.78 is 57.8. The van der Waals surface area contributed by atoms with E-state index in [0.717, 1.165) is 0 Å². The summed E-state index contributed by atoms with van der Waals surface area (Å²) in [7, 11) is 2.24. The highest BCUT2D eigenvalue weighted by Crippen LogP contribution is 2.38. The minimum absolute atomic E-state index is 0.0755. The Morgan fingerprint density at radius 1 is 1.40 bits per heavy atom. The van der Waals surface area contributed by atoms with Gasteiger partial charge in [-0.2, -0.15) is 0 Å². The van der Waals surface area contributed by atoms with E-state index in [1.807, 2.05) is 0 Å². The summed E-state index contributed by atoms with van der Waals surface area (Å²) in [5, 5.41) is 3.12. The summed E-state index contributed by atoms with van der Waals surface area (Å²) in [6, 6.07) is 4.70. The summed E-state index contributed by atoms with van der Waals surface area (Å²) in [5.74, 6) is -1.89. The number of halogens is 3. The van der Waals surface area contributed by atoms with Crippen LogP contribution in [0.25, 0.3) is 0 Å². The molecule has 0 radical (unpaired) electrons. The summed E-state index contributed by atoms with van der Waals surface area (Å²) >= 11 is 0. The van der Waals surface area contributed by atoms with Crippen molar-refractivity contribution in [3.05, 3.63) is 36.3 Å². The second kappa shape index (κ2) is 9.31. The average Bonchev–Trinajstić information content (AvgIpc) is 3.16. The number of amides is 1. The molecule has 1 N–H and O–H groups in total. The van der Waals surface area contributed by atoms with Gasteiger partial charge >= 0.3 is 0 Å². The minimum atomic E-state index is -2.61. The third-order valence-electron chi connectivity index (χ3n) is 4.92. The molecule has 6 nitrogen and oxygen atoms in total. The molecule has 11 heteroatoms. The number of pyridine rings is 1. The molecule has 162 valence electrons. The van der Waals surface area contributed by atoms with Crippen LogP contribution in [0.3, 0.4) is 0 Å². The Morgan fingerprint density at radius 2 is 2.13 bits per heavy atom. The molecule has 1 aliphatic heterocycles. The van der Waals surface area contributed by atoms with E-state index in [4.69, 9.17) is 4.74 Å². The fourth-order valence-electron chi connectivity index (χ4n) is 3.44.